The molecule has 4 aromatic rings. The van der Waals surface area contributed by atoms with Gasteiger partial charge in [0.1, 0.15) is 5.01 Å². The van der Waals surface area contributed by atoms with Gasteiger partial charge >= 0.3 is 0 Å². The highest BCUT2D eigenvalue weighted by molar-refractivity contribution is 7.15. The second kappa shape index (κ2) is 9.36. The maximum absolute atomic E-state index is 4.64. The number of aryl methyl sites for hydroxylation is 2. The Kier molecular flexibility index (Phi) is 6.53. The van der Waals surface area contributed by atoms with Gasteiger partial charge in [0, 0.05) is 35.6 Å². The van der Waals surface area contributed by atoms with E-state index in [9.17, 15) is 0 Å². The Labute approximate surface area is 202 Å². The van der Waals surface area contributed by atoms with Crippen molar-refractivity contribution in [1.82, 2.24) is 30.5 Å². The first-order valence-electron chi connectivity index (χ1n) is 10.6. The minimum atomic E-state index is 0.0438. The van der Waals surface area contributed by atoms with E-state index in [4.69, 9.17) is 0 Å². The molecule has 0 saturated heterocycles. The number of nitrogens with zero attached hydrogens (tertiary/aromatic N) is 5. The molecule has 0 radical (unpaired) electrons. The maximum Gasteiger partial charge on any atom is 0.229 e. The summed E-state index contributed by atoms with van der Waals surface area (Å²) < 4.78 is 0. The van der Waals surface area contributed by atoms with Crippen molar-refractivity contribution < 1.29 is 0 Å². The van der Waals surface area contributed by atoms with Crippen molar-refractivity contribution in [2.24, 2.45) is 0 Å². The number of thiazole rings is 1. The van der Waals surface area contributed by atoms with Gasteiger partial charge in [-0.1, -0.05) is 50.8 Å². The predicted octanol–water partition coefficient (Wildman–Crippen LogP) is 5.87. The average molecular weight is 478 g/mol. The minimum absolute atomic E-state index is 0.0438. The van der Waals surface area contributed by atoms with E-state index < -0.39 is 0 Å². The molecule has 7 nitrogen and oxygen atoms in total. The topological polar surface area (TPSA) is 88.5 Å². The highest BCUT2D eigenvalue weighted by atomic mass is 32.1. The SMILES string of the molecule is C=C(NCc1ccc(-c2ccnc(Nc3nnc(C)s3)n2)cc1C)c1cnc(C(C)(C)C)s1. The fourth-order valence-corrected chi connectivity index (χ4v) is 4.63. The molecule has 9 heteroatoms. The number of hydrogen-bond acceptors (Lipinski definition) is 9. The number of nitrogens with one attached hydrogen (secondary N) is 2. The molecule has 0 saturated carbocycles. The summed E-state index contributed by atoms with van der Waals surface area (Å²) in [6.07, 6.45) is 3.65. The van der Waals surface area contributed by atoms with Gasteiger partial charge in [0.15, 0.2) is 0 Å². The van der Waals surface area contributed by atoms with Crippen LogP contribution in [0.5, 0.6) is 0 Å². The molecular formula is C24H27N7S2. The molecule has 1 aromatic carbocycles. The zero-order valence-corrected chi connectivity index (χ0v) is 21.1. The van der Waals surface area contributed by atoms with E-state index in [0.717, 1.165) is 31.8 Å². The van der Waals surface area contributed by atoms with Crippen LogP contribution in [0.15, 0.2) is 43.2 Å². The molecule has 0 fully saturated rings. The van der Waals surface area contributed by atoms with Crippen LogP contribution in [0.1, 0.15) is 46.8 Å². The Morgan fingerprint density at radius 1 is 1.06 bits per heavy atom. The monoisotopic (exact) mass is 477 g/mol. The molecule has 0 aliphatic heterocycles. The lowest BCUT2D eigenvalue weighted by atomic mass is 9.98. The third kappa shape index (κ3) is 5.61. The lowest BCUT2D eigenvalue weighted by molar-refractivity contribution is 0.585. The number of anilines is 2. The summed E-state index contributed by atoms with van der Waals surface area (Å²) in [6.45, 7) is 15.4. The van der Waals surface area contributed by atoms with Crippen molar-refractivity contribution in [2.45, 2.75) is 46.6 Å². The largest absolute Gasteiger partial charge is 0.380 e. The number of rotatable bonds is 7. The molecule has 0 aliphatic carbocycles. The smallest absolute Gasteiger partial charge is 0.229 e. The summed E-state index contributed by atoms with van der Waals surface area (Å²) in [4.78, 5) is 14.6. The van der Waals surface area contributed by atoms with E-state index in [1.807, 2.05) is 19.2 Å². The predicted molar refractivity (Wildman–Crippen MR) is 137 cm³/mol. The third-order valence-corrected chi connectivity index (χ3v) is 7.21. The first-order valence-corrected chi connectivity index (χ1v) is 12.2. The van der Waals surface area contributed by atoms with Gasteiger partial charge in [-0.3, -0.25) is 5.32 Å². The van der Waals surface area contributed by atoms with Gasteiger partial charge in [-0.15, -0.1) is 21.5 Å². The van der Waals surface area contributed by atoms with E-state index >= 15 is 0 Å². The maximum atomic E-state index is 4.64. The Morgan fingerprint density at radius 3 is 2.55 bits per heavy atom. The normalized spacial score (nSPS) is 11.4. The van der Waals surface area contributed by atoms with Gasteiger partial charge in [-0.25, -0.2) is 15.0 Å². The molecule has 0 unspecified atom stereocenters. The number of aromatic nitrogens is 5. The van der Waals surface area contributed by atoms with Gasteiger partial charge < -0.3 is 5.32 Å². The molecule has 0 bridgehead atoms. The zero-order valence-electron chi connectivity index (χ0n) is 19.4. The summed E-state index contributed by atoms with van der Waals surface area (Å²) in [5.74, 6) is 0.502. The minimum Gasteiger partial charge on any atom is -0.380 e. The van der Waals surface area contributed by atoms with Crippen molar-refractivity contribution in [3.05, 3.63) is 69.3 Å². The van der Waals surface area contributed by atoms with Gasteiger partial charge in [0.05, 0.1) is 15.6 Å². The van der Waals surface area contributed by atoms with Crippen LogP contribution >= 0.6 is 22.7 Å². The van der Waals surface area contributed by atoms with Crippen LogP contribution in [-0.2, 0) is 12.0 Å². The third-order valence-electron chi connectivity index (χ3n) is 4.98. The summed E-state index contributed by atoms with van der Waals surface area (Å²) in [6, 6.07) is 8.26. The molecule has 0 atom stereocenters. The molecule has 3 heterocycles. The standard InChI is InChI=1S/C24H27N7S2/c1-14-11-17(19-9-10-25-22(28-19)29-23-31-30-16(3)32-23)7-8-18(14)12-26-15(2)20-13-27-21(33-20)24(4,5)6/h7-11,13,26H,2,12H2,1,3-6H3,(H,25,28,29,31). The van der Waals surface area contributed by atoms with Gasteiger partial charge in [-0.2, -0.15) is 0 Å². The Bertz CT molecular complexity index is 1280. The highest BCUT2D eigenvalue weighted by Gasteiger charge is 2.18. The lowest BCUT2D eigenvalue weighted by Crippen LogP contribution is -2.11. The summed E-state index contributed by atoms with van der Waals surface area (Å²) in [5, 5.41) is 17.3. The molecule has 4 rings (SSSR count). The first kappa shape index (κ1) is 23.0. The fourth-order valence-electron chi connectivity index (χ4n) is 3.13. The van der Waals surface area contributed by atoms with Gasteiger partial charge in [0.25, 0.3) is 0 Å². The van der Waals surface area contributed by atoms with E-state index in [1.165, 1.54) is 22.5 Å². The van der Waals surface area contributed by atoms with Crippen molar-refractivity contribution in [3.63, 3.8) is 0 Å². The van der Waals surface area contributed by atoms with E-state index in [0.29, 0.717) is 17.6 Å². The molecule has 0 amide bonds. The molecule has 0 aliphatic rings. The molecule has 33 heavy (non-hydrogen) atoms. The van der Waals surface area contributed by atoms with Crippen LogP contribution < -0.4 is 10.6 Å². The molecule has 3 aromatic heterocycles. The molecule has 170 valence electrons. The van der Waals surface area contributed by atoms with Crippen LogP contribution in [0.4, 0.5) is 11.1 Å². The van der Waals surface area contributed by atoms with E-state index in [1.54, 1.807) is 17.5 Å². The lowest BCUT2D eigenvalue weighted by Gasteiger charge is -2.14. The highest BCUT2D eigenvalue weighted by Crippen LogP contribution is 2.29. The number of hydrogen-bond donors (Lipinski definition) is 2. The van der Waals surface area contributed by atoms with Gasteiger partial charge in [0.2, 0.25) is 11.1 Å². The summed E-state index contributed by atoms with van der Waals surface area (Å²) >= 11 is 3.16. The summed E-state index contributed by atoms with van der Waals surface area (Å²) in [7, 11) is 0. The molecule has 0 spiro atoms. The fraction of sp³-hybridized carbons (Fsp3) is 0.292. The van der Waals surface area contributed by atoms with E-state index in [-0.39, 0.29) is 5.41 Å². The van der Waals surface area contributed by atoms with Crippen molar-refractivity contribution in [1.29, 1.82) is 0 Å². The Morgan fingerprint density at radius 2 is 1.88 bits per heavy atom. The number of benzene rings is 1. The molecule has 2 N–H and O–H groups in total. The van der Waals surface area contributed by atoms with Crippen LogP contribution in [0, 0.1) is 13.8 Å². The second-order valence-corrected chi connectivity index (χ2v) is 11.0. The molecular weight excluding hydrogens is 450 g/mol. The first-order chi connectivity index (χ1) is 15.7. The Balaban J connectivity index is 1.43. The van der Waals surface area contributed by atoms with Crippen LogP contribution in [0.3, 0.4) is 0 Å². The second-order valence-electron chi connectivity index (χ2n) is 8.77. The van der Waals surface area contributed by atoms with Crippen molar-refractivity contribution in [3.8, 4) is 11.3 Å². The quantitative estimate of drug-likeness (QED) is 0.344. The average Bonchev–Trinajstić information content (AvgIpc) is 3.42. The summed E-state index contributed by atoms with van der Waals surface area (Å²) in [5.41, 5.74) is 5.20. The Hall–Kier alpha value is -3.17. The van der Waals surface area contributed by atoms with Crippen molar-refractivity contribution >= 4 is 39.5 Å². The van der Waals surface area contributed by atoms with Crippen LogP contribution in [0.25, 0.3) is 17.0 Å². The van der Waals surface area contributed by atoms with Crippen molar-refractivity contribution in [2.75, 3.05) is 5.32 Å². The van der Waals surface area contributed by atoms with Gasteiger partial charge in [-0.05, 0) is 37.1 Å². The van der Waals surface area contributed by atoms with Crippen LogP contribution in [-0.4, -0.2) is 25.1 Å². The van der Waals surface area contributed by atoms with E-state index in [2.05, 4.69) is 88.3 Å². The van der Waals surface area contributed by atoms with Crippen LogP contribution in [0.2, 0.25) is 0 Å². The zero-order chi connectivity index (χ0) is 23.6.